The number of nitrogens with one attached hydrogen (secondary N) is 1. The Morgan fingerprint density at radius 2 is 2.14 bits per heavy atom. The van der Waals surface area contributed by atoms with Crippen LogP contribution in [0, 0.1) is 0 Å². The molecule has 0 saturated carbocycles. The Balaban J connectivity index is 1.50. The lowest BCUT2D eigenvalue weighted by molar-refractivity contribution is -0.127. The highest BCUT2D eigenvalue weighted by Gasteiger charge is 2.21. The number of hydrogen-bond acceptors (Lipinski definition) is 3. The van der Waals surface area contributed by atoms with Crippen LogP contribution in [0.4, 0.5) is 0 Å². The molecular weight excluding hydrogens is 276 g/mol. The van der Waals surface area contributed by atoms with Gasteiger partial charge in [0.15, 0.2) is 0 Å². The van der Waals surface area contributed by atoms with E-state index in [9.17, 15) is 4.79 Å². The van der Waals surface area contributed by atoms with Gasteiger partial charge in [-0.05, 0) is 31.0 Å². The van der Waals surface area contributed by atoms with Crippen molar-refractivity contribution in [2.45, 2.75) is 32.4 Å². The molecule has 116 valence electrons. The smallest absolute Gasteiger partial charge is 0.222 e. The minimum Gasteiger partial charge on any atom is -0.341 e. The minimum absolute atomic E-state index is 0.290. The van der Waals surface area contributed by atoms with E-state index in [0.717, 1.165) is 31.7 Å². The molecule has 2 aromatic rings. The van der Waals surface area contributed by atoms with Crippen LogP contribution in [-0.2, 0) is 11.3 Å². The van der Waals surface area contributed by atoms with E-state index in [1.165, 1.54) is 5.56 Å². The number of rotatable bonds is 6. The van der Waals surface area contributed by atoms with Gasteiger partial charge in [0.25, 0.3) is 0 Å². The first-order valence-electron chi connectivity index (χ1n) is 7.81. The van der Waals surface area contributed by atoms with E-state index >= 15 is 0 Å². The molecule has 0 unspecified atom stereocenters. The molecule has 1 fully saturated rings. The summed E-state index contributed by atoms with van der Waals surface area (Å²) < 4.78 is 1.98. The van der Waals surface area contributed by atoms with Crippen LogP contribution < -0.4 is 5.32 Å². The molecule has 22 heavy (non-hydrogen) atoms. The van der Waals surface area contributed by atoms with E-state index in [-0.39, 0.29) is 0 Å². The van der Waals surface area contributed by atoms with E-state index in [0.29, 0.717) is 18.4 Å². The first kappa shape index (κ1) is 14.8. The lowest BCUT2D eigenvalue weighted by Gasteiger charge is -2.21. The molecular formula is C17H22N4O. The number of amides is 1. The fourth-order valence-electron chi connectivity index (χ4n) is 2.78. The molecule has 0 aliphatic carbocycles. The third kappa shape index (κ3) is 3.54. The van der Waals surface area contributed by atoms with Crippen LogP contribution in [0.3, 0.4) is 0 Å². The van der Waals surface area contributed by atoms with E-state index in [4.69, 9.17) is 0 Å². The highest BCUT2D eigenvalue weighted by atomic mass is 16.2. The lowest BCUT2D eigenvalue weighted by atomic mass is 10.2. The third-order valence-electron chi connectivity index (χ3n) is 4.06. The summed E-state index contributed by atoms with van der Waals surface area (Å²) >= 11 is 0. The SMILES string of the molecule is C[C@H](CN1CCCC1=O)NCc1ccc(-n2ccnc2)cc1. The van der Waals surface area contributed by atoms with E-state index in [1.54, 1.807) is 12.5 Å². The Kier molecular flexibility index (Phi) is 4.53. The molecule has 2 heterocycles. The van der Waals surface area contributed by atoms with Crippen molar-refractivity contribution in [3.8, 4) is 5.69 Å². The monoisotopic (exact) mass is 298 g/mol. The number of carbonyl (C=O) groups is 1. The minimum atomic E-state index is 0.290. The Hall–Kier alpha value is -2.14. The number of imidazole rings is 1. The number of hydrogen-bond donors (Lipinski definition) is 1. The highest BCUT2D eigenvalue weighted by Crippen LogP contribution is 2.11. The Labute approximate surface area is 131 Å². The van der Waals surface area contributed by atoms with E-state index in [2.05, 4.69) is 41.5 Å². The Morgan fingerprint density at radius 3 is 2.77 bits per heavy atom. The van der Waals surface area contributed by atoms with Crippen LogP contribution in [0.2, 0.25) is 0 Å². The maximum Gasteiger partial charge on any atom is 0.222 e. The fourth-order valence-corrected chi connectivity index (χ4v) is 2.78. The van der Waals surface area contributed by atoms with Gasteiger partial charge in [-0.2, -0.15) is 0 Å². The quantitative estimate of drug-likeness (QED) is 0.887. The van der Waals surface area contributed by atoms with Gasteiger partial charge in [-0.3, -0.25) is 4.79 Å². The second-order valence-electron chi connectivity index (χ2n) is 5.86. The van der Waals surface area contributed by atoms with Gasteiger partial charge in [-0.25, -0.2) is 4.98 Å². The van der Waals surface area contributed by atoms with Crippen molar-refractivity contribution in [1.29, 1.82) is 0 Å². The summed E-state index contributed by atoms with van der Waals surface area (Å²) in [6.45, 7) is 4.65. The fraction of sp³-hybridized carbons (Fsp3) is 0.412. The van der Waals surface area contributed by atoms with Crippen LogP contribution in [-0.4, -0.2) is 39.5 Å². The zero-order valence-corrected chi connectivity index (χ0v) is 12.9. The zero-order valence-electron chi connectivity index (χ0n) is 12.9. The normalized spacial score (nSPS) is 16.2. The predicted molar refractivity (Wildman–Crippen MR) is 85.7 cm³/mol. The van der Waals surface area contributed by atoms with Crippen LogP contribution in [0.15, 0.2) is 43.0 Å². The summed E-state index contributed by atoms with van der Waals surface area (Å²) in [5.41, 5.74) is 2.35. The number of aromatic nitrogens is 2. The maximum atomic E-state index is 11.6. The van der Waals surface area contributed by atoms with Crippen LogP contribution in [0.5, 0.6) is 0 Å². The molecule has 1 atom stereocenters. The average Bonchev–Trinajstić information content (AvgIpc) is 3.18. The second kappa shape index (κ2) is 6.75. The highest BCUT2D eigenvalue weighted by molar-refractivity contribution is 5.78. The van der Waals surface area contributed by atoms with Crippen molar-refractivity contribution < 1.29 is 4.79 Å². The van der Waals surface area contributed by atoms with Crippen molar-refractivity contribution >= 4 is 5.91 Å². The molecule has 0 radical (unpaired) electrons. The molecule has 1 aliphatic rings. The standard InChI is InChI=1S/C17H22N4O/c1-14(12-20-9-2-3-17(20)22)19-11-15-4-6-16(7-5-15)21-10-8-18-13-21/h4-8,10,13-14,19H,2-3,9,11-12H2,1H3/t14-/m1/s1. The van der Waals surface area contributed by atoms with Crippen LogP contribution >= 0.6 is 0 Å². The summed E-state index contributed by atoms with van der Waals surface area (Å²) in [4.78, 5) is 17.6. The maximum absolute atomic E-state index is 11.6. The third-order valence-corrected chi connectivity index (χ3v) is 4.06. The number of likely N-dealkylation sites (tertiary alicyclic amines) is 1. The first-order chi connectivity index (χ1) is 10.7. The van der Waals surface area contributed by atoms with Crippen molar-refractivity contribution in [3.63, 3.8) is 0 Å². The molecule has 1 aliphatic heterocycles. The Morgan fingerprint density at radius 1 is 1.32 bits per heavy atom. The summed E-state index contributed by atoms with van der Waals surface area (Å²) in [6, 6.07) is 8.72. The first-order valence-corrected chi connectivity index (χ1v) is 7.81. The average molecular weight is 298 g/mol. The topological polar surface area (TPSA) is 50.2 Å². The molecule has 1 aromatic carbocycles. The molecule has 1 aromatic heterocycles. The van der Waals surface area contributed by atoms with Gasteiger partial charge >= 0.3 is 0 Å². The number of benzene rings is 1. The van der Waals surface area contributed by atoms with Gasteiger partial charge in [-0.1, -0.05) is 12.1 Å². The van der Waals surface area contributed by atoms with Gasteiger partial charge in [0, 0.05) is 50.2 Å². The van der Waals surface area contributed by atoms with Crippen molar-refractivity contribution in [2.24, 2.45) is 0 Å². The zero-order chi connectivity index (χ0) is 15.4. The molecule has 0 spiro atoms. The number of carbonyl (C=O) groups excluding carboxylic acids is 1. The largest absolute Gasteiger partial charge is 0.341 e. The van der Waals surface area contributed by atoms with Gasteiger partial charge in [0.2, 0.25) is 5.91 Å². The molecule has 1 amide bonds. The van der Waals surface area contributed by atoms with Gasteiger partial charge in [0.1, 0.15) is 0 Å². The predicted octanol–water partition coefficient (Wildman–Crippen LogP) is 1.97. The summed E-state index contributed by atoms with van der Waals surface area (Å²) in [7, 11) is 0. The molecule has 0 bridgehead atoms. The molecule has 3 rings (SSSR count). The van der Waals surface area contributed by atoms with E-state index in [1.807, 2.05) is 15.7 Å². The molecule has 5 heteroatoms. The van der Waals surface area contributed by atoms with Gasteiger partial charge in [0.05, 0.1) is 6.33 Å². The lowest BCUT2D eigenvalue weighted by Crippen LogP contribution is -2.39. The summed E-state index contributed by atoms with van der Waals surface area (Å²) in [5, 5.41) is 3.49. The van der Waals surface area contributed by atoms with E-state index < -0.39 is 0 Å². The second-order valence-corrected chi connectivity index (χ2v) is 5.86. The Bertz CT molecular complexity index is 606. The van der Waals surface area contributed by atoms with Crippen molar-refractivity contribution in [2.75, 3.05) is 13.1 Å². The molecule has 5 nitrogen and oxygen atoms in total. The number of nitrogens with zero attached hydrogens (tertiary/aromatic N) is 3. The van der Waals surface area contributed by atoms with Gasteiger partial charge < -0.3 is 14.8 Å². The van der Waals surface area contributed by atoms with Crippen molar-refractivity contribution in [3.05, 3.63) is 48.5 Å². The van der Waals surface area contributed by atoms with Crippen LogP contribution in [0.1, 0.15) is 25.3 Å². The van der Waals surface area contributed by atoms with Gasteiger partial charge in [-0.15, -0.1) is 0 Å². The summed E-state index contributed by atoms with van der Waals surface area (Å²) in [6.07, 6.45) is 7.21. The summed E-state index contributed by atoms with van der Waals surface area (Å²) in [5.74, 6) is 0.290. The van der Waals surface area contributed by atoms with Crippen molar-refractivity contribution in [1.82, 2.24) is 19.8 Å². The van der Waals surface area contributed by atoms with Crippen LogP contribution in [0.25, 0.3) is 5.69 Å². The molecule has 1 saturated heterocycles. The molecule has 1 N–H and O–H groups in total.